The van der Waals surface area contributed by atoms with Gasteiger partial charge in [0, 0.05) is 39.0 Å². The maximum absolute atomic E-state index is 12.4. The van der Waals surface area contributed by atoms with Crippen LogP contribution in [0.3, 0.4) is 0 Å². The lowest BCUT2D eigenvalue weighted by Crippen LogP contribution is -2.52. The van der Waals surface area contributed by atoms with E-state index >= 15 is 0 Å². The second-order valence-electron chi connectivity index (χ2n) is 5.65. The van der Waals surface area contributed by atoms with Gasteiger partial charge in [-0.25, -0.2) is 4.98 Å². The molecule has 0 bridgehead atoms. The number of carbonyl (C=O) groups excluding carboxylic acids is 1. The highest BCUT2D eigenvalue weighted by Gasteiger charge is 2.29. The Morgan fingerprint density at radius 2 is 2.14 bits per heavy atom. The first-order chi connectivity index (χ1) is 10.8. The van der Waals surface area contributed by atoms with Crippen LogP contribution >= 0.6 is 0 Å². The molecule has 1 atom stereocenters. The van der Waals surface area contributed by atoms with Crippen molar-refractivity contribution in [2.45, 2.75) is 25.4 Å². The van der Waals surface area contributed by atoms with Crippen LogP contribution in [0, 0.1) is 11.3 Å². The Hall–Kier alpha value is -2.13. The lowest BCUT2D eigenvalue weighted by Gasteiger charge is -2.37. The summed E-state index contributed by atoms with van der Waals surface area (Å²) in [6, 6.07) is 5.71. The molecule has 2 fully saturated rings. The minimum absolute atomic E-state index is 0.112. The third kappa shape index (κ3) is 3.04. The van der Waals surface area contributed by atoms with Crippen LogP contribution in [0.15, 0.2) is 18.3 Å². The second kappa shape index (κ2) is 6.75. The summed E-state index contributed by atoms with van der Waals surface area (Å²) in [7, 11) is 0. The van der Waals surface area contributed by atoms with Crippen molar-refractivity contribution in [3.05, 3.63) is 23.9 Å². The van der Waals surface area contributed by atoms with E-state index < -0.39 is 0 Å². The number of rotatable bonds is 2. The number of pyridine rings is 1. The molecule has 0 radical (unpaired) electrons. The van der Waals surface area contributed by atoms with Gasteiger partial charge in [0.15, 0.2) is 0 Å². The van der Waals surface area contributed by atoms with Crippen LogP contribution in [0.1, 0.15) is 24.8 Å². The first kappa shape index (κ1) is 14.8. The fourth-order valence-corrected chi connectivity index (χ4v) is 3.01. The average Bonchev–Trinajstić information content (AvgIpc) is 2.62. The van der Waals surface area contributed by atoms with Crippen molar-refractivity contribution >= 4 is 11.7 Å². The molecular formula is C16H20N4O2. The molecule has 1 aromatic rings. The van der Waals surface area contributed by atoms with E-state index in [1.807, 2.05) is 4.90 Å². The molecule has 22 heavy (non-hydrogen) atoms. The van der Waals surface area contributed by atoms with Gasteiger partial charge in [0.05, 0.1) is 5.56 Å². The number of aromatic nitrogens is 1. The molecule has 0 saturated carbocycles. The standard InChI is InChI=1S/C16H20N4O2/c17-12-13-4-3-6-18-15(13)19-7-9-20(10-8-19)16(21)14-5-1-2-11-22-14/h3-4,6,14H,1-2,5,7-11H2/t14-/m1/s1. The molecule has 2 saturated heterocycles. The van der Waals surface area contributed by atoms with E-state index in [2.05, 4.69) is 16.0 Å². The monoisotopic (exact) mass is 300 g/mol. The normalized spacial score (nSPS) is 22.2. The van der Waals surface area contributed by atoms with Crippen molar-refractivity contribution < 1.29 is 9.53 Å². The predicted molar refractivity (Wildman–Crippen MR) is 81.3 cm³/mol. The van der Waals surface area contributed by atoms with Gasteiger partial charge in [-0.15, -0.1) is 0 Å². The van der Waals surface area contributed by atoms with Crippen LogP contribution in [0.2, 0.25) is 0 Å². The zero-order valence-electron chi connectivity index (χ0n) is 12.6. The van der Waals surface area contributed by atoms with Gasteiger partial charge in [0.1, 0.15) is 18.0 Å². The Morgan fingerprint density at radius 3 is 2.82 bits per heavy atom. The van der Waals surface area contributed by atoms with E-state index in [4.69, 9.17) is 10.00 Å². The number of nitriles is 1. The Bertz CT molecular complexity index is 570. The molecule has 0 aromatic carbocycles. The molecule has 116 valence electrons. The van der Waals surface area contributed by atoms with E-state index in [0.29, 0.717) is 44.2 Å². The van der Waals surface area contributed by atoms with Crippen molar-refractivity contribution in [3.63, 3.8) is 0 Å². The third-order valence-corrected chi connectivity index (χ3v) is 4.25. The van der Waals surface area contributed by atoms with Gasteiger partial charge in [0.25, 0.3) is 5.91 Å². The van der Waals surface area contributed by atoms with Crippen LogP contribution in [-0.4, -0.2) is 54.7 Å². The van der Waals surface area contributed by atoms with Crippen LogP contribution in [0.4, 0.5) is 5.82 Å². The zero-order valence-corrected chi connectivity index (χ0v) is 12.6. The molecule has 0 unspecified atom stereocenters. The van der Waals surface area contributed by atoms with Crippen molar-refractivity contribution in [1.82, 2.24) is 9.88 Å². The van der Waals surface area contributed by atoms with Gasteiger partial charge in [-0.1, -0.05) is 0 Å². The van der Waals surface area contributed by atoms with E-state index in [1.165, 1.54) is 0 Å². The minimum atomic E-state index is -0.259. The quantitative estimate of drug-likeness (QED) is 0.820. The fraction of sp³-hybridized carbons (Fsp3) is 0.562. The number of hydrogen-bond donors (Lipinski definition) is 0. The molecule has 0 aliphatic carbocycles. The second-order valence-corrected chi connectivity index (χ2v) is 5.65. The SMILES string of the molecule is N#Cc1cccnc1N1CCN(C(=O)[C@H]2CCCCO2)CC1. The smallest absolute Gasteiger partial charge is 0.251 e. The van der Waals surface area contributed by atoms with Gasteiger partial charge >= 0.3 is 0 Å². The summed E-state index contributed by atoms with van der Waals surface area (Å²) < 4.78 is 5.58. The number of piperazine rings is 1. The number of anilines is 1. The van der Waals surface area contributed by atoms with E-state index in [9.17, 15) is 4.79 Å². The molecule has 2 aliphatic heterocycles. The number of carbonyl (C=O) groups is 1. The first-order valence-corrected chi connectivity index (χ1v) is 7.80. The predicted octanol–water partition coefficient (Wildman–Crippen LogP) is 1.17. The van der Waals surface area contributed by atoms with Crippen molar-refractivity contribution in [2.24, 2.45) is 0 Å². The molecule has 0 spiro atoms. The molecule has 1 amide bonds. The van der Waals surface area contributed by atoms with Gasteiger partial charge in [-0.3, -0.25) is 4.79 Å². The van der Waals surface area contributed by atoms with E-state index in [1.54, 1.807) is 18.3 Å². The Balaban J connectivity index is 1.60. The fourth-order valence-electron chi connectivity index (χ4n) is 3.01. The van der Waals surface area contributed by atoms with Gasteiger partial charge < -0.3 is 14.5 Å². The van der Waals surface area contributed by atoms with Crippen molar-refractivity contribution in [2.75, 3.05) is 37.7 Å². The Kier molecular flexibility index (Phi) is 4.54. The number of ether oxygens (including phenoxy) is 1. The highest BCUT2D eigenvalue weighted by Crippen LogP contribution is 2.20. The largest absolute Gasteiger partial charge is 0.368 e. The highest BCUT2D eigenvalue weighted by molar-refractivity contribution is 5.81. The Labute approximate surface area is 130 Å². The van der Waals surface area contributed by atoms with Crippen molar-refractivity contribution in [3.8, 4) is 6.07 Å². The lowest BCUT2D eigenvalue weighted by molar-refractivity contribution is -0.146. The minimum Gasteiger partial charge on any atom is -0.368 e. The molecule has 6 heteroatoms. The molecule has 3 heterocycles. The third-order valence-electron chi connectivity index (χ3n) is 4.25. The van der Waals surface area contributed by atoms with E-state index in [0.717, 1.165) is 19.3 Å². The summed E-state index contributed by atoms with van der Waals surface area (Å²) in [6.45, 7) is 3.39. The summed E-state index contributed by atoms with van der Waals surface area (Å²) in [5.74, 6) is 0.826. The van der Waals surface area contributed by atoms with Crippen LogP contribution in [0.5, 0.6) is 0 Å². The highest BCUT2D eigenvalue weighted by atomic mass is 16.5. The topological polar surface area (TPSA) is 69.5 Å². The van der Waals surface area contributed by atoms with Crippen LogP contribution in [0.25, 0.3) is 0 Å². The lowest BCUT2D eigenvalue weighted by atomic mass is 10.1. The summed E-state index contributed by atoms with van der Waals surface area (Å²) in [6.07, 6.45) is 4.38. The number of nitrogens with zero attached hydrogens (tertiary/aromatic N) is 4. The molecule has 2 aliphatic rings. The maximum Gasteiger partial charge on any atom is 0.251 e. The summed E-state index contributed by atoms with van der Waals surface area (Å²) in [5.41, 5.74) is 0.581. The summed E-state index contributed by atoms with van der Waals surface area (Å²) >= 11 is 0. The summed E-state index contributed by atoms with van der Waals surface area (Å²) in [5, 5.41) is 9.16. The van der Waals surface area contributed by atoms with Crippen molar-refractivity contribution in [1.29, 1.82) is 5.26 Å². The molecule has 6 nitrogen and oxygen atoms in total. The summed E-state index contributed by atoms with van der Waals surface area (Å²) in [4.78, 5) is 20.7. The van der Waals surface area contributed by atoms with Crippen LogP contribution < -0.4 is 4.90 Å². The molecular weight excluding hydrogens is 280 g/mol. The number of hydrogen-bond acceptors (Lipinski definition) is 5. The number of amides is 1. The molecule has 3 rings (SSSR count). The molecule has 0 N–H and O–H groups in total. The zero-order chi connectivity index (χ0) is 15.4. The van der Waals surface area contributed by atoms with Gasteiger partial charge in [-0.05, 0) is 31.4 Å². The van der Waals surface area contributed by atoms with Gasteiger partial charge in [0.2, 0.25) is 0 Å². The van der Waals surface area contributed by atoms with Gasteiger partial charge in [-0.2, -0.15) is 5.26 Å². The Morgan fingerprint density at radius 1 is 1.32 bits per heavy atom. The van der Waals surface area contributed by atoms with Crippen LogP contribution in [-0.2, 0) is 9.53 Å². The van der Waals surface area contributed by atoms with E-state index in [-0.39, 0.29) is 12.0 Å². The first-order valence-electron chi connectivity index (χ1n) is 7.80. The average molecular weight is 300 g/mol. The molecule has 1 aromatic heterocycles. The maximum atomic E-state index is 12.4.